The van der Waals surface area contributed by atoms with Crippen LogP contribution in [0.15, 0.2) is 24.3 Å². The van der Waals surface area contributed by atoms with E-state index in [0.29, 0.717) is 17.5 Å². The van der Waals surface area contributed by atoms with Crippen LogP contribution in [0.3, 0.4) is 0 Å². The van der Waals surface area contributed by atoms with E-state index in [1.54, 1.807) is 0 Å². The zero-order valence-electron chi connectivity index (χ0n) is 20.6. The molecule has 4 bridgehead atoms. The maximum atomic E-state index is 4.32. The highest BCUT2D eigenvalue weighted by Gasteiger charge is 2.54. The molecule has 2 atom stereocenters. The quantitative estimate of drug-likeness (QED) is 0.430. The van der Waals surface area contributed by atoms with Gasteiger partial charge in [-0.3, -0.25) is 0 Å². The number of benzene rings is 1. The summed E-state index contributed by atoms with van der Waals surface area (Å²) in [5.74, 6) is 3.06. The summed E-state index contributed by atoms with van der Waals surface area (Å²) in [6.45, 7) is 17.1. The molecular formula is C26H46N2Si2. The van der Waals surface area contributed by atoms with Gasteiger partial charge < -0.3 is 9.96 Å². The van der Waals surface area contributed by atoms with Gasteiger partial charge in [0.05, 0.1) is 0 Å². The second-order valence-corrected chi connectivity index (χ2v) is 22.9. The summed E-state index contributed by atoms with van der Waals surface area (Å²) in [4.78, 5) is 8.48. The van der Waals surface area contributed by atoms with Gasteiger partial charge in [0, 0.05) is 12.1 Å². The van der Waals surface area contributed by atoms with Gasteiger partial charge in [-0.1, -0.05) is 69.1 Å². The van der Waals surface area contributed by atoms with Gasteiger partial charge in [0.15, 0.2) is 0 Å². The summed E-state index contributed by atoms with van der Waals surface area (Å²) >= 11 is 0. The molecule has 4 aliphatic rings. The molecule has 1 aromatic carbocycles. The number of nitrogens with one attached hydrogen (secondary N) is 2. The minimum Gasteiger partial charge on any atom is -0.334 e. The molecule has 168 valence electrons. The molecule has 1 aromatic rings. The Hall–Kier alpha value is -0.426. The van der Waals surface area contributed by atoms with Crippen molar-refractivity contribution in [2.45, 2.75) is 103 Å². The summed E-state index contributed by atoms with van der Waals surface area (Å²) in [6, 6.07) is 10.5. The van der Waals surface area contributed by atoms with E-state index in [-0.39, 0.29) is 0 Å². The third-order valence-corrected chi connectivity index (χ3v) is 10.4. The lowest BCUT2D eigenvalue weighted by atomic mass is 9.47. The molecule has 4 heteroatoms. The minimum absolute atomic E-state index is 0.471. The van der Waals surface area contributed by atoms with Crippen LogP contribution < -0.4 is 9.96 Å². The summed E-state index contributed by atoms with van der Waals surface area (Å²) in [5, 5.41) is 0. The highest BCUT2D eigenvalue weighted by atomic mass is 28.3. The molecule has 2 N–H and O–H groups in total. The van der Waals surface area contributed by atoms with Crippen LogP contribution in [0, 0.1) is 30.1 Å². The second kappa shape index (κ2) is 8.17. The molecule has 0 saturated heterocycles. The Morgan fingerprint density at radius 2 is 1.27 bits per heavy atom. The van der Waals surface area contributed by atoms with Crippen LogP contribution in [-0.4, -0.2) is 22.5 Å². The molecule has 2 nitrogen and oxygen atoms in total. The maximum Gasteiger partial charge on any atom is 0.116 e. The van der Waals surface area contributed by atoms with Gasteiger partial charge >= 0.3 is 0 Å². The van der Waals surface area contributed by atoms with Crippen molar-refractivity contribution in [2.24, 2.45) is 23.2 Å². The largest absolute Gasteiger partial charge is 0.334 e. The highest BCUT2D eigenvalue weighted by molar-refractivity contribution is 6.74. The summed E-state index contributed by atoms with van der Waals surface area (Å²) in [6.07, 6.45) is 10.3. The van der Waals surface area contributed by atoms with E-state index in [9.17, 15) is 0 Å². The lowest BCUT2D eigenvalue weighted by molar-refractivity contribution is -0.0729. The summed E-state index contributed by atoms with van der Waals surface area (Å²) < 4.78 is 0. The van der Waals surface area contributed by atoms with Crippen molar-refractivity contribution >= 4 is 16.5 Å². The van der Waals surface area contributed by atoms with Crippen molar-refractivity contribution in [3.05, 3.63) is 35.4 Å². The van der Waals surface area contributed by atoms with Crippen LogP contribution >= 0.6 is 0 Å². The molecule has 4 fully saturated rings. The molecular weight excluding hydrogens is 396 g/mol. The second-order valence-electron chi connectivity index (χ2n) is 13.3. The van der Waals surface area contributed by atoms with Crippen LogP contribution in [0.2, 0.25) is 39.3 Å². The van der Waals surface area contributed by atoms with Gasteiger partial charge in [0.2, 0.25) is 0 Å². The van der Waals surface area contributed by atoms with Crippen LogP contribution in [0.5, 0.6) is 0 Å². The Morgan fingerprint density at radius 3 is 1.70 bits per heavy atom. The SMILES string of the molecule is Cc1ccc(C(CC(N[Si](C)(C)C)C23CC4CC(CC(C4)C2)C3)N[Si](C)(C)C)cc1. The van der Waals surface area contributed by atoms with E-state index >= 15 is 0 Å². The van der Waals surface area contributed by atoms with Gasteiger partial charge in [-0.2, -0.15) is 0 Å². The molecule has 0 radical (unpaired) electrons. The van der Waals surface area contributed by atoms with Crippen molar-refractivity contribution in [3.8, 4) is 0 Å². The first kappa shape index (κ1) is 22.8. The van der Waals surface area contributed by atoms with Crippen LogP contribution in [0.1, 0.15) is 62.1 Å². The Kier molecular flexibility index (Phi) is 6.20. The first-order valence-corrected chi connectivity index (χ1v) is 19.5. The predicted octanol–water partition coefficient (Wildman–Crippen LogP) is 6.86. The van der Waals surface area contributed by atoms with Crippen LogP contribution in [0.4, 0.5) is 0 Å². The highest BCUT2D eigenvalue weighted by Crippen LogP contribution is 2.62. The maximum absolute atomic E-state index is 4.32. The van der Waals surface area contributed by atoms with E-state index in [0.717, 1.165) is 17.8 Å². The zero-order chi connectivity index (χ0) is 21.7. The minimum atomic E-state index is -1.40. The smallest absolute Gasteiger partial charge is 0.116 e. The van der Waals surface area contributed by atoms with Gasteiger partial charge in [-0.25, -0.2) is 0 Å². The molecule has 4 saturated carbocycles. The fourth-order valence-corrected chi connectivity index (χ4v) is 10.2. The van der Waals surface area contributed by atoms with Gasteiger partial charge in [0.25, 0.3) is 0 Å². The average Bonchev–Trinajstić information content (AvgIpc) is 2.57. The van der Waals surface area contributed by atoms with E-state index in [1.807, 2.05) is 0 Å². The first-order chi connectivity index (χ1) is 13.9. The van der Waals surface area contributed by atoms with E-state index in [2.05, 4.69) is 80.4 Å². The molecule has 0 spiro atoms. The average molecular weight is 443 g/mol. The molecule has 5 rings (SSSR count). The number of aryl methyl sites for hydroxylation is 1. The predicted molar refractivity (Wildman–Crippen MR) is 136 cm³/mol. The molecule has 0 heterocycles. The zero-order valence-corrected chi connectivity index (χ0v) is 22.6. The molecule has 4 aliphatic carbocycles. The van der Waals surface area contributed by atoms with Crippen molar-refractivity contribution in [1.82, 2.24) is 9.96 Å². The lowest BCUT2D eigenvalue weighted by Gasteiger charge is -2.60. The molecule has 30 heavy (non-hydrogen) atoms. The Bertz CT molecular complexity index is 694. The van der Waals surface area contributed by atoms with Gasteiger partial charge in [-0.15, -0.1) is 0 Å². The third kappa shape index (κ3) is 5.31. The molecule has 0 aliphatic heterocycles. The summed E-state index contributed by atoms with van der Waals surface area (Å²) in [7, 11) is -2.77. The van der Waals surface area contributed by atoms with Crippen molar-refractivity contribution in [3.63, 3.8) is 0 Å². The number of hydrogen-bond acceptors (Lipinski definition) is 2. The number of rotatable bonds is 8. The van der Waals surface area contributed by atoms with Gasteiger partial charge in [0.1, 0.15) is 16.5 Å². The topological polar surface area (TPSA) is 24.1 Å². The third-order valence-electron chi connectivity index (χ3n) is 7.99. The number of hydrogen-bond donors (Lipinski definition) is 2. The van der Waals surface area contributed by atoms with Crippen LogP contribution in [-0.2, 0) is 0 Å². The Morgan fingerprint density at radius 1 is 0.800 bits per heavy atom. The van der Waals surface area contributed by atoms with E-state index in [1.165, 1.54) is 56.1 Å². The fraction of sp³-hybridized carbons (Fsp3) is 0.769. The van der Waals surface area contributed by atoms with Crippen molar-refractivity contribution < 1.29 is 0 Å². The molecule has 2 unspecified atom stereocenters. The van der Waals surface area contributed by atoms with Crippen molar-refractivity contribution in [1.29, 1.82) is 0 Å². The molecule has 0 amide bonds. The summed E-state index contributed by atoms with van der Waals surface area (Å²) in [5.41, 5.74) is 3.41. The van der Waals surface area contributed by atoms with E-state index < -0.39 is 16.5 Å². The van der Waals surface area contributed by atoms with Crippen LogP contribution in [0.25, 0.3) is 0 Å². The van der Waals surface area contributed by atoms with E-state index in [4.69, 9.17) is 0 Å². The molecule has 0 aromatic heterocycles. The Balaban J connectivity index is 1.64. The first-order valence-electron chi connectivity index (χ1n) is 12.5. The standard InChI is InChI=1S/C26H46N2Si2/c1-19-8-10-23(11-9-19)24(27-29(2,3)4)15-25(28-30(5,6)7)26-16-20-12-21(17-26)14-22(13-20)18-26/h8-11,20-22,24-25,27-28H,12-18H2,1-7H3. The van der Waals surface area contributed by atoms with Gasteiger partial charge in [-0.05, 0) is 80.6 Å². The fourth-order valence-electron chi connectivity index (χ4n) is 7.42. The van der Waals surface area contributed by atoms with Crippen molar-refractivity contribution in [2.75, 3.05) is 0 Å². The monoisotopic (exact) mass is 442 g/mol. The normalized spacial score (nSPS) is 33.0. The lowest BCUT2D eigenvalue weighted by Crippen LogP contribution is -2.61. The Labute approximate surface area is 188 Å².